The molecule has 1 atom stereocenters. The maximum atomic E-state index is 11.6. The van der Waals surface area contributed by atoms with Gasteiger partial charge in [0.25, 0.3) is 5.91 Å². The minimum atomic E-state index is -0.752. The van der Waals surface area contributed by atoms with Gasteiger partial charge >= 0.3 is 5.97 Å². The van der Waals surface area contributed by atoms with E-state index in [1.165, 1.54) is 0 Å². The Labute approximate surface area is 119 Å². The van der Waals surface area contributed by atoms with Gasteiger partial charge in [-0.2, -0.15) is 0 Å². The Balaban J connectivity index is 2.37. The van der Waals surface area contributed by atoms with Gasteiger partial charge in [-0.05, 0) is 38.0 Å². The lowest BCUT2D eigenvalue weighted by atomic mass is 10.1. The van der Waals surface area contributed by atoms with E-state index in [0.717, 1.165) is 11.3 Å². The van der Waals surface area contributed by atoms with Crippen LogP contribution in [0.25, 0.3) is 0 Å². The molecule has 0 aliphatic carbocycles. The number of esters is 1. The number of amides is 1. The summed E-state index contributed by atoms with van der Waals surface area (Å²) in [5, 5.41) is 2.61. The highest BCUT2D eigenvalue weighted by atomic mass is 16.5. The van der Waals surface area contributed by atoms with E-state index in [9.17, 15) is 9.59 Å². The number of aryl methyl sites for hydroxylation is 1. The molecule has 0 fully saturated rings. The maximum Gasteiger partial charge on any atom is 0.306 e. The van der Waals surface area contributed by atoms with Crippen LogP contribution in [0.1, 0.15) is 25.8 Å². The minimum Gasteiger partial charge on any atom is -0.497 e. The third-order valence-electron chi connectivity index (χ3n) is 2.81. The second-order valence-corrected chi connectivity index (χ2v) is 4.37. The average molecular weight is 279 g/mol. The molecular weight excluding hydrogens is 258 g/mol. The molecule has 0 saturated heterocycles. The van der Waals surface area contributed by atoms with Gasteiger partial charge in [-0.25, -0.2) is 0 Å². The molecule has 0 unspecified atom stereocenters. The molecule has 5 nitrogen and oxygen atoms in total. The van der Waals surface area contributed by atoms with Gasteiger partial charge in [-0.15, -0.1) is 0 Å². The van der Waals surface area contributed by atoms with E-state index in [2.05, 4.69) is 5.32 Å². The monoisotopic (exact) mass is 279 g/mol. The first-order valence-corrected chi connectivity index (χ1v) is 6.67. The molecule has 1 aromatic carbocycles. The second-order valence-electron chi connectivity index (χ2n) is 4.37. The highest BCUT2D eigenvalue weighted by Gasteiger charge is 2.16. The molecule has 0 spiro atoms. The van der Waals surface area contributed by atoms with Crippen molar-refractivity contribution in [3.8, 4) is 5.75 Å². The van der Waals surface area contributed by atoms with E-state index in [1.807, 2.05) is 31.2 Å². The molecule has 0 aliphatic rings. The van der Waals surface area contributed by atoms with Crippen LogP contribution in [0.5, 0.6) is 5.75 Å². The van der Waals surface area contributed by atoms with E-state index in [1.54, 1.807) is 14.0 Å². The largest absolute Gasteiger partial charge is 0.497 e. The van der Waals surface area contributed by atoms with Crippen molar-refractivity contribution >= 4 is 11.9 Å². The van der Waals surface area contributed by atoms with Gasteiger partial charge in [0.1, 0.15) is 5.75 Å². The normalized spacial score (nSPS) is 11.6. The number of carbonyl (C=O) groups excluding carboxylic acids is 2. The summed E-state index contributed by atoms with van der Waals surface area (Å²) >= 11 is 0. The number of hydrogen-bond acceptors (Lipinski definition) is 4. The van der Waals surface area contributed by atoms with Crippen molar-refractivity contribution in [1.82, 2.24) is 5.32 Å². The zero-order chi connectivity index (χ0) is 15.0. The summed E-state index contributed by atoms with van der Waals surface area (Å²) in [6.07, 6.45) is 0.0689. The molecule has 1 amide bonds. The molecule has 0 aliphatic heterocycles. The molecule has 0 radical (unpaired) electrons. The molecule has 0 aromatic heterocycles. The standard InChI is InChI=1S/C15H21NO4/c1-4-16-15(18)11(2)20-14(17)10-7-12-5-8-13(19-3)9-6-12/h5-6,8-9,11H,4,7,10H2,1-3H3,(H,16,18)/t11-/m1/s1. The third-order valence-corrected chi connectivity index (χ3v) is 2.81. The van der Waals surface area contributed by atoms with Gasteiger partial charge in [0.05, 0.1) is 7.11 Å². The third kappa shape index (κ3) is 5.30. The van der Waals surface area contributed by atoms with Crippen LogP contribution >= 0.6 is 0 Å². The smallest absolute Gasteiger partial charge is 0.306 e. The van der Waals surface area contributed by atoms with E-state index < -0.39 is 6.10 Å². The molecular formula is C15H21NO4. The summed E-state index contributed by atoms with van der Waals surface area (Å²) in [5.41, 5.74) is 1.02. The van der Waals surface area contributed by atoms with Crippen LogP contribution in [0, 0.1) is 0 Å². The molecule has 5 heteroatoms. The van der Waals surface area contributed by atoms with Crippen LogP contribution in [0.2, 0.25) is 0 Å². The highest BCUT2D eigenvalue weighted by molar-refractivity contribution is 5.83. The van der Waals surface area contributed by atoms with E-state index in [4.69, 9.17) is 9.47 Å². The summed E-state index contributed by atoms with van der Waals surface area (Å²) in [4.78, 5) is 23.1. The number of carbonyl (C=O) groups is 2. The van der Waals surface area contributed by atoms with Crippen LogP contribution in [-0.4, -0.2) is 31.6 Å². The molecule has 1 aromatic rings. The molecule has 20 heavy (non-hydrogen) atoms. The van der Waals surface area contributed by atoms with Gasteiger partial charge in [0, 0.05) is 13.0 Å². The molecule has 0 saturated carbocycles. The van der Waals surface area contributed by atoms with Gasteiger partial charge in [0.2, 0.25) is 0 Å². The summed E-state index contributed by atoms with van der Waals surface area (Å²) in [6.45, 7) is 3.90. The van der Waals surface area contributed by atoms with Gasteiger partial charge in [-0.1, -0.05) is 12.1 Å². The number of hydrogen-bond donors (Lipinski definition) is 1. The fourth-order valence-electron chi connectivity index (χ4n) is 1.67. The van der Waals surface area contributed by atoms with Crippen LogP contribution in [0.15, 0.2) is 24.3 Å². The van der Waals surface area contributed by atoms with Crippen LogP contribution in [0.3, 0.4) is 0 Å². The van der Waals surface area contributed by atoms with Crippen molar-refractivity contribution in [3.63, 3.8) is 0 Å². The quantitative estimate of drug-likeness (QED) is 0.771. The van der Waals surface area contributed by atoms with E-state index in [-0.39, 0.29) is 18.3 Å². The van der Waals surface area contributed by atoms with Crippen LogP contribution in [-0.2, 0) is 20.7 Å². The predicted octanol–water partition coefficient (Wildman–Crippen LogP) is 1.70. The average Bonchev–Trinajstić information content (AvgIpc) is 2.45. The number of rotatable bonds is 7. The van der Waals surface area contributed by atoms with Crippen LogP contribution < -0.4 is 10.1 Å². The number of nitrogens with one attached hydrogen (secondary N) is 1. The SMILES string of the molecule is CCNC(=O)[C@@H](C)OC(=O)CCc1ccc(OC)cc1. The van der Waals surface area contributed by atoms with Gasteiger partial charge in [0.15, 0.2) is 6.10 Å². The summed E-state index contributed by atoms with van der Waals surface area (Å²) in [6, 6.07) is 7.49. The minimum absolute atomic E-state index is 0.246. The Morgan fingerprint density at radius 1 is 1.25 bits per heavy atom. The zero-order valence-corrected chi connectivity index (χ0v) is 12.1. The first-order chi connectivity index (χ1) is 9.56. The highest BCUT2D eigenvalue weighted by Crippen LogP contribution is 2.12. The second kappa shape index (κ2) is 8.19. The Kier molecular flexibility index (Phi) is 6.56. The first kappa shape index (κ1) is 16.0. The molecule has 0 heterocycles. The number of methoxy groups -OCH3 is 1. The summed E-state index contributed by atoms with van der Waals surface area (Å²) < 4.78 is 10.1. The molecule has 110 valence electrons. The summed E-state index contributed by atoms with van der Waals surface area (Å²) in [7, 11) is 1.61. The molecule has 1 N–H and O–H groups in total. The Hall–Kier alpha value is -2.04. The van der Waals surface area contributed by atoms with Gasteiger partial charge < -0.3 is 14.8 Å². The van der Waals surface area contributed by atoms with Gasteiger partial charge in [-0.3, -0.25) is 9.59 Å². The lowest BCUT2D eigenvalue weighted by Crippen LogP contribution is -2.35. The van der Waals surface area contributed by atoms with Crippen molar-refractivity contribution in [2.45, 2.75) is 32.8 Å². The Bertz CT molecular complexity index is 442. The maximum absolute atomic E-state index is 11.6. The first-order valence-electron chi connectivity index (χ1n) is 6.67. The van der Waals surface area contributed by atoms with Crippen molar-refractivity contribution in [2.24, 2.45) is 0 Å². The van der Waals surface area contributed by atoms with Crippen molar-refractivity contribution in [3.05, 3.63) is 29.8 Å². The topological polar surface area (TPSA) is 64.6 Å². The van der Waals surface area contributed by atoms with Crippen molar-refractivity contribution < 1.29 is 19.1 Å². The van der Waals surface area contributed by atoms with Crippen LogP contribution in [0.4, 0.5) is 0 Å². The molecule has 1 rings (SSSR count). The Morgan fingerprint density at radius 3 is 2.45 bits per heavy atom. The number of ether oxygens (including phenoxy) is 2. The van der Waals surface area contributed by atoms with Crippen molar-refractivity contribution in [2.75, 3.05) is 13.7 Å². The van der Waals surface area contributed by atoms with E-state index in [0.29, 0.717) is 13.0 Å². The van der Waals surface area contributed by atoms with E-state index >= 15 is 0 Å². The number of likely N-dealkylation sites (N-methyl/N-ethyl adjacent to an activating group) is 1. The fourth-order valence-corrected chi connectivity index (χ4v) is 1.67. The zero-order valence-electron chi connectivity index (χ0n) is 12.1. The molecule has 0 bridgehead atoms. The number of benzene rings is 1. The lowest BCUT2D eigenvalue weighted by molar-refractivity contribution is -0.154. The Morgan fingerprint density at radius 2 is 1.90 bits per heavy atom. The van der Waals surface area contributed by atoms with Crippen molar-refractivity contribution in [1.29, 1.82) is 0 Å². The lowest BCUT2D eigenvalue weighted by Gasteiger charge is -2.12. The fraction of sp³-hybridized carbons (Fsp3) is 0.467. The summed E-state index contributed by atoms with van der Waals surface area (Å²) in [5.74, 6) is 0.131. The predicted molar refractivity (Wildman–Crippen MR) is 75.6 cm³/mol.